The molecule has 0 saturated carbocycles. The van der Waals surface area contributed by atoms with E-state index in [-0.39, 0.29) is 30.0 Å². The Morgan fingerprint density at radius 1 is 1.14 bits per heavy atom. The summed E-state index contributed by atoms with van der Waals surface area (Å²) < 4.78 is 0. The smallest absolute Gasteiger partial charge is 0.255 e. The lowest BCUT2D eigenvalue weighted by Crippen LogP contribution is -2.52. The molecule has 1 unspecified atom stereocenters. The van der Waals surface area contributed by atoms with Gasteiger partial charge in [-0.3, -0.25) is 24.5 Å². The van der Waals surface area contributed by atoms with Gasteiger partial charge in [0.25, 0.3) is 5.91 Å². The number of halogens is 1. The number of amides is 4. The van der Waals surface area contributed by atoms with E-state index < -0.39 is 6.04 Å². The minimum Gasteiger partial charge on any atom is -0.342 e. The van der Waals surface area contributed by atoms with Crippen LogP contribution in [0.15, 0.2) is 18.2 Å². The van der Waals surface area contributed by atoms with Crippen LogP contribution in [-0.4, -0.2) is 57.9 Å². The van der Waals surface area contributed by atoms with E-state index in [1.54, 1.807) is 4.90 Å². The summed E-state index contributed by atoms with van der Waals surface area (Å²) in [5.74, 6) is -0.324. The number of piperidine rings is 2. The maximum atomic E-state index is 12.8. The summed E-state index contributed by atoms with van der Waals surface area (Å²) in [6, 6.07) is 5.34. The SMILES string of the molecule is O=C1CCC(N2Cc3cc(C4CCN(C(=O)CBr)CC4)ccc3C2=O)C(=O)N1. The van der Waals surface area contributed by atoms with Crippen LogP contribution >= 0.6 is 15.9 Å². The highest BCUT2D eigenvalue weighted by Gasteiger charge is 2.39. The number of alkyl halides is 1. The predicted molar refractivity (Wildman–Crippen MR) is 105 cm³/mol. The van der Waals surface area contributed by atoms with Gasteiger partial charge in [-0.2, -0.15) is 0 Å². The molecular formula is C20H22BrN3O4. The van der Waals surface area contributed by atoms with Crippen molar-refractivity contribution < 1.29 is 19.2 Å². The summed E-state index contributed by atoms with van der Waals surface area (Å²) in [5, 5.41) is 2.68. The fourth-order valence-corrected chi connectivity index (χ4v) is 4.75. The molecule has 3 heterocycles. The van der Waals surface area contributed by atoms with E-state index in [4.69, 9.17) is 0 Å². The lowest BCUT2D eigenvalue weighted by Gasteiger charge is -2.32. The average molecular weight is 448 g/mol. The van der Waals surface area contributed by atoms with Crippen LogP contribution in [0, 0.1) is 0 Å². The fraction of sp³-hybridized carbons (Fsp3) is 0.500. The topological polar surface area (TPSA) is 86.8 Å². The summed E-state index contributed by atoms with van der Waals surface area (Å²) >= 11 is 3.22. The van der Waals surface area contributed by atoms with Crippen LogP contribution in [0.4, 0.5) is 0 Å². The summed E-state index contributed by atoms with van der Waals surface area (Å²) in [5.41, 5.74) is 2.76. The second-order valence-electron chi connectivity index (χ2n) is 7.61. The zero-order valence-corrected chi connectivity index (χ0v) is 17.0. The Morgan fingerprint density at radius 2 is 1.89 bits per heavy atom. The largest absolute Gasteiger partial charge is 0.342 e. The number of fused-ring (bicyclic) bond motifs is 1. The van der Waals surface area contributed by atoms with E-state index in [1.165, 1.54) is 5.56 Å². The Morgan fingerprint density at radius 3 is 2.57 bits per heavy atom. The zero-order valence-electron chi connectivity index (χ0n) is 15.4. The minimum absolute atomic E-state index is 0.123. The minimum atomic E-state index is -0.584. The summed E-state index contributed by atoms with van der Waals surface area (Å²) in [6.07, 6.45) is 2.44. The second-order valence-corrected chi connectivity index (χ2v) is 8.17. The Labute approximate surface area is 171 Å². The molecule has 148 valence electrons. The van der Waals surface area contributed by atoms with E-state index >= 15 is 0 Å². The normalized spacial score (nSPS) is 23.0. The molecule has 0 radical (unpaired) electrons. The molecule has 3 aliphatic heterocycles. The van der Waals surface area contributed by atoms with Crippen LogP contribution in [0.2, 0.25) is 0 Å². The highest BCUT2D eigenvalue weighted by molar-refractivity contribution is 9.09. The number of benzene rings is 1. The summed E-state index contributed by atoms with van der Waals surface area (Å²) in [7, 11) is 0. The van der Waals surface area contributed by atoms with Crippen LogP contribution in [0.5, 0.6) is 0 Å². The number of likely N-dealkylation sites (tertiary alicyclic amines) is 1. The van der Waals surface area contributed by atoms with Gasteiger partial charge in [-0.05, 0) is 42.4 Å². The van der Waals surface area contributed by atoms with Crippen LogP contribution in [0.25, 0.3) is 0 Å². The second kappa shape index (κ2) is 7.66. The molecule has 0 aromatic heterocycles. The number of carbonyl (C=O) groups is 4. The Balaban J connectivity index is 1.46. The van der Waals surface area contributed by atoms with Crippen molar-refractivity contribution in [1.82, 2.24) is 15.1 Å². The van der Waals surface area contributed by atoms with Crippen molar-refractivity contribution >= 4 is 39.6 Å². The van der Waals surface area contributed by atoms with Gasteiger partial charge in [-0.1, -0.05) is 28.1 Å². The molecule has 0 aliphatic carbocycles. The molecule has 0 bridgehead atoms. The highest BCUT2D eigenvalue weighted by atomic mass is 79.9. The number of imide groups is 1. The third-order valence-electron chi connectivity index (χ3n) is 5.98. The van der Waals surface area contributed by atoms with Crippen molar-refractivity contribution in [2.45, 2.75) is 44.2 Å². The molecule has 1 aromatic carbocycles. The third-order valence-corrected chi connectivity index (χ3v) is 6.46. The van der Waals surface area contributed by atoms with Crippen molar-refractivity contribution in [2.24, 2.45) is 0 Å². The number of hydrogen-bond donors (Lipinski definition) is 1. The molecule has 1 N–H and O–H groups in total. The third kappa shape index (κ3) is 3.45. The molecule has 7 nitrogen and oxygen atoms in total. The van der Waals surface area contributed by atoms with Gasteiger partial charge >= 0.3 is 0 Å². The van der Waals surface area contributed by atoms with Gasteiger partial charge in [0, 0.05) is 31.6 Å². The average Bonchev–Trinajstić information content (AvgIpc) is 3.03. The van der Waals surface area contributed by atoms with Crippen molar-refractivity contribution in [1.29, 1.82) is 0 Å². The molecular weight excluding hydrogens is 426 g/mol. The first kappa shape index (κ1) is 19.1. The standard InChI is InChI=1S/C20H22BrN3O4/c21-10-18(26)23-7-5-12(6-8-23)13-1-2-15-14(9-13)11-24(20(15)28)16-3-4-17(25)22-19(16)27/h1-2,9,12,16H,3-8,10-11H2,(H,22,25,27). The Hall–Kier alpha value is -2.22. The number of nitrogens with one attached hydrogen (secondary N) is 1. The fourth-order valence-electron chi connectivity index (χ4n) is 4.40. The summed E-state index contributed by atoms with van der Waals surface area (Å²) in [4.78, 5) is 51.6. The molecule has 2 fully saturated rings. The molecule has 8 heteroatoms. The van der Waals surface area contributed by atoms with Crippen molar-refractivity contribution in [3.63, 3.8) is 0 Å². The first-order valence-corrected chi connectivity index (χ1v) is 10.7. The van der Waals surface area contributed by atoms with Crippen LogP contribution in [-0.2, 0) is 20.9 Å². The molecule has 3 aliphatic rings. The molecule has 1 atom stereocenters. The Kier molecular flexibility index (Phi) is 5.23. The van der Waals surface area contributed by atoms with Crippen molar-refractivity contribution in [2.75, 3.05) is 18.4 Å². The maximum Gasteiger partial charge on any atom is 0.255 e. The number of nitrogens with zero attached hydrogens (tertiary/aromatic N) is 2. The number of rotatable bonds is 3. The molecule has 4 amide bonds. The van der Waals surface area contributed by atoms with Gasteiger partial charge in [-0.25, -0.2) is 0 Å². The highest BCUT2D eigenvalue weighted by Crippen LogP contribution is 2.33. The van der Waals surface area contributed by atoms with Gasteiger partial charge < -0.3 is 9.80 Å². The lowest BCUT2D eigenvalue weighted by molar-refractivity contribution is -0.137. The molecule has 28 heavy (non-hydrogen) atoms. The van der Waals surface area contributed by atoms with E-state index in [0.717, 1.165) is 31.5 Å². The monoisotopic (exact) mass is 447 g/mol. The van der Waals surface area contributed by atoms with Gasteiger partial charge in [-0.15, -0.1) is 0 Å². The van der Waals surface area contributed by atoms with E-state index in [0.29, 0.717) is 29.8 Å². The van der Waals surface area contributed by atoms with E-state index in [9.17, 15) is 19.2 Å². The maximum absolute atomic E-state index is 12.8. The number of carbonyl (C=O) groups excluding carboxylic acids is 4. The van der Waals surface area contributed by atoms with Crippen LogP contribution in [0.1, 0.15) is 53.1 Å². The molecule has 0 spiro atoms. The first-order valence-electron chi connectivity index (χ1n) is 9.59. The quantitative estimate of drug-likeness (QED) is 0.562. The molecule has 2 saturated heterocycles. The van der Waals surface area contributed by atoms with Crippen molar-refractivity contribution in [3.05, 3.63) is 34.9 Å². The first-order chi connectivity index (χ1) is 13.5. The van der Waals surface area contributed by atoms with Gasteiger partial charge in [0.2, 0.25) is 17.7 Å². The lowest BCUT2D eigenvalue weighted by atomic mass is 9.88. The van der Waals surface area contributed by atoms with E-state index in [1.807, 2.05) is 17.0 Å². The molecule has 4 rings (SSSR count). The van der Waals surface area contributed by atoms with Crippen LogP contribution < -0.4 is 5.32 Å². The predicted octanol–water partition coefficient (Wildman–Crippen LogP) is 1.55. The molecule has 1 aromatic rings. The van der Waals surface area contributed by atoms with Gasteiger partial charge in [0.05, 0.1) is 5.33 Å². The van der Waals surface area contributed by atoms with Crippen LogP contribution in [0.3, 0.4) is 0 Å². The summed E-state index contributed by atoms with van der Waals surface area (Å²) in [6.45, 7) is 1.89. The van der Waals surface area contributed by atoms with Gasteiger partial charge in [0.15, 0.2) is 0 Å². The van der Waals surface area contributed by atoms with Crippen molar-refractivity contribution in [3.8, 4) is 0 Å². The van der Waals surface area contributed by atoms with E-state index in [2.05, 4.69) is 27.3 Å². The number of hydrogen-bond acceptors (Lipinski definition) is 4. The Bertz CT molecular complexity index is 848. The zero-order chi connectivity index (χ0) is 19.8. The van der Waals surface area contributed by atoms with Gasteiger partial charge in [0.1, 0.15) is 6.04 Å².